The van der Waals surface area contributed by atoms with Crippen LogP contribution in [0.15, 0.2) is 170 Å². The molecule has 3 heteroatoms. The van der Waals surface area contributed by atoms with Crippen molar-refractivity contribution >= 4 is 96.9 Å². The lowest BCUT2D eigenvalue weighted by molar-refractivity contribution is 0.104. The Morgan fingerprint density at radius 2 is 0.534 bits per heavy atom. The third-order valence-electron chi connectivity index (χ3n) is 12.3. The lowest BCUT2D eigenvalue weighted by Crippen LogP contribution is -2.38. The Labute approximate surface area is 342 Å². The minimum absolute atomic E-state index is 0.0516. The van der Waals surface area contributed by atoms with E-state index in [4.69, 9.17) is 0 Å². The molecule has 0 radical (unpaired) electrons. The van der Waals surface area contributed by atoms with Gasteiger partial charge in [-0.05, 0) is 86.9 Å². The molecule has 0 spiro atoms. The van der Waals surface area contributed by atoms with Crippen molar-refractivity contribution in [2.45, 2.75) is 39.3 Å². The lowest BCUT2D eigenvalue weighted by Gasteiger charge is -2.23. The van der Waals surface area contributed by atoms with Gasteiger partial charge in [0, 0.05) is 11.1 Å². The number of hydrogen-bond acceptors (Lipinski definition) is 1. The number of carbonyl (C=O) groups is 1. The SMILES string of the molecule is C[Si](C)(C)c1ccc(-c2c3ccccc3c(C(=O)c3c4ccccc4c(-c4ccc([Si](C)(C)C)c5ccccc45)c4ccccc34)c3ccccc23)c2ccccc12. The second kappa shape index (κ2) is 13.5. The number of carbonyl (C=O) groups excluding carboxylic acids is 1. The van der Waals surface area contributed by atoms with Gasteiger partial charge in [0.05, 0.1) is 16.1 Å². The number of rotatable bonds is 6. The predicted molar refractivity (Wildman–Crippen MR) is 258 cm³/mol. The Morgan fingerprint density at radius 1 is 0.293 bits per heavy atom. The molecule has 0 heterocycles. The van der Waals surface area contributed by atoms with Crippen molar-refractivity contribution in [3.63, 3.8) is 0 Å². The number of benzene rings is 10. The average Bonchev–Trinajstić information content (AvgIpc) is 3.23. The normalized spacial score (nSPS) is 12.4. The Balaban J connectivity index is 1.28. The summed E-state index contributed by atoms with van der Waals surface area (Å²) in [6.45, 7) is 14.5. The van der Waals surface area contributed by atoms with Crippen LogP contribution in [0.3, 0.4) is 0 Å². The molecule has 0 saturated heterocycles. The predicted octanol–water partition coefficient (Wildman–Crippen LogP) is 14.3. The van der Waals surface area contributed by atoms with Gasteiger partial charge in [-0.15, -0.1) is 0 Å². The second-order valence-electron chi connectivity index (χ2n) is 17.9. The molecule has 0 N–H and O–H groups in total. The lowest BCUT2D eigenvalue weighted by atomic mass is 9.81. The number of fused-ring (bicyclic) bond motifs is 6. The molecule has 0 saturated carbocycles. The van der Waals surface area contributed by atoms with Gasteiger partial charge in [-0.1, -0.05) is 220 Å². The van der Waals surface area contributed by atoms with Crippen molar-refractivity contribution in [1.29, 1.82) is 0 Å². The van der Waals surface area contributed by atoms with Crippen LogP contribution in [0.5, 0.6) is 0 Å². The maximum atomic E-state index is 15.9. The van der Waals surface area contributed by atoms with Gasteiger partial charge in [-0.2, -0.15) is 0 Å². The zero-order chi connectivity index (χ0) is 39.9. The zero-order valence-corrected chi connectivity index (χ0v) is 36.1. The van der Waals surface area contributed by atoms with Crippen LogP contribution in [-0.4, -0.2) is 21.9 Å². The van der Waals surface area contributed by atoms with Crippen LogP contribution < -0.4 is 10.4 Å². The Morgan fingerprint density at radius 3 is 0.810 bits per heavy atom. The first-order valence-electron chi connectivity index (χ1n) is 20.5. The summed E-state index contributed by atoms with van der Waals surface area (Å²) in [5.74, 6) is 0.0516. The van der Waals surface area contributed by atoms with Gasteiger partial charge in [-0.3, -0.25) is 4.79 Å². The van der Waals surface area contributed by atoms with Gasteiger partial charge >= 0.3 is 0 Å². The Kier molecular flexibility index (Phi) is 8.42. The highest BCUT2D eigenvalue weighted by Gasteiger charge is 2.28. The van der Waals surface area contributed by atoms with Crippen LogP contribution in [0.2, 0.25) is 39.3 Å². The first kappa shape index (κ1) is 36.2. The van der Waals surface area contributed by atoms with Crippen molar-refractivity contribution in [1.82, 2.24) is 0 Å². The van der Waals surface area contributed by atoms with Crippen molar-refractivity contribution < 1.29 is 4.79 Å². The molecule has 0 bridgehead atoms. The van der Waals surface area contributed by atoms with E-state index in [9.17, 15) is 0 Å². The van der Waals surface area contributed by atoms with Crippen molar-refractivity contribution in [3.8, 4) is 22.3 Å². The summed E-state index contributed by atoms with van der Waals surface area (Å²) in [4.78, 5) is 15.9. The first-order chi connectivity index (χ1) is 28.0. The smallest absolute Gasteiger partial charge is 0.195 e. The van der Waals surface area contributed by atoms with E-state index in [1.165, 1.54) is 54.2 Å². The standard InChI is InChI=1S/C55H46OSi2/c1-57(2,3)49-33-31-47(35-19-7-9-21-37(35)49)51-39-23-11-15-27-43(39)53(44-28-16-12-24-40(44)51)55(56)54-45-29-17-13-25-41(45)52(42-26-14-18-30-46(42)54)48-32-34-50(58(4,5)6)38-22-10-8-20-36(38)48/h7-34H,1-6H3. The molecule has 0 fully saturated rings. The summed E-state index contributed by atoms with van der Waals surface area (Å²) in [7, 11) is -3.26. The first-order valence-corrected chi connectivity index (χ1v) is 27.5. The summed E-state index contributed by atoms with van der Waals surface area (Å²) >= 11 is 0. The summed E-state index contributed by atoms with van der Waals surface area (Å²) in [6, 6.07) is 61.5. The molecular weight excluding hydrogens is 733 g/mol. The number of hydrogen-bond donors (Lipinski definition) is 0. The molecule has 1 nitrogen and oxygen atoms in total. The van der Waals surface area contributed by atoms with Gasteiger partial charge in [0.1, 0.15) is 0 Å². The molecule has 58 heavy (non-hydrogen) atoms. The third-order valence-corrected chi connectivity index (χ3v) is 16.4. The zero-order valence-electron chi connectivity index (χ0n) is 34.1. The monoisotopic (exact) mass is 778 g/mol. The van der Waals surface area contributed by atoms with E-state index in [2.05, 4.69) is 209 Å². The third kappa shape index (κ3) is 5.60. The van der Waals surface area contributed by atoms with E-state index >= 15 is 4.79 Å². The summed E-state index contributed by atoms with van der Waals surface area (Å²) < 4.78 is 0. The van der Waals surface area contributed by atoms with E-state index < -0.39 is 16.1 Å². The largest absolute Gasteiger partial charge is 0.289 e. The maximum Gasteiger partial charge on any atom is 0.195 e. The molecule has 0 atom stereocenters. The molecule has 280 valence electrons. The van der Waals surface area contributed by atoms with Gasteiger partial charge in [0.25, 0.3) is 0 Å². The van der Waals surface area contributed by atoms with Crippen LogP contribution in [-0.2, 0) is 0 Å². The van der Waals surface area contributed by atoms with E-state index in [0.29, 0.717) is 0 Å². The van der Waals surface area contributed by atoms with Crippen molar-refractivity contribution in [2.75, 3.05) is 0 Å². The van der Waals surface area contributed by atoms with Crippen LogP contribution in [0.1, 0.15) is 15.9 Å². The van der Waals surface area contributed by atoms with E-state index in [1.54, 1.807) is 0 Å². The molecule has 0 amide bonds. The number of ketones is 1. The Bertz CT molecular complexity index is 2990. The highest BCUT2D eigenvalue weighted by atomic mass is 28.3. The quantitative estimate of drug-likeness (QED) is 0.0933. The molecule has 0 aromatic heterocycles. The van der Waals surface area contributed by atoms with E-state index in [-0.39, 0.29) is 5.78 Å². The summed E-state index contributed by atoms with van der Waals surface area (Å²) in [5, 5.41) is 16.4. The fourth-order valence-electron chi connectivity index (χ4n) is 9.79. The van der Waals surface area contributed by atoms with Crippen LogP contribution in [0, 0.1) is 0 Å². The van der Waals surface area contributed by atoms with Crippen molar-refractivity contribution in [3.05, 3.63) is 181 Å². The van der Waals surface area contributed by atoms with Gasteiger partial charge in [0.2, 0.25) is 0 Å². The molecule has 0 aliphatic carbocycles. The summed E-state index contributed by atoms with van der Waals surface area (Å²) in [6.07, 6.45) is 0. The fraction of sp³-hybridized carbons (Fsp3) is 0.109. The van der Waals surface area contributed by atoms with Crippen molar-refractivity contribution in [2.24, 2.45) is 0 Å². The van der Waals surface area contributed by atoms with Gasteiger partial charge < -0.3 is 0 Å². The van der Waals surface area contributed by atoms with E-state index in [0.717, 1.165) is 54.2 Å². The fourth-order valence-corrected chi connectivity index (χ4v) is 13.0. The molecule has 0 unspecified atom stereocenters. The average molecular weight is 779 g/mol. The molecule has 0 aliphatic heterocycles. The van der Waals surface area contributed by atoms with Crippen LogP contribution >= 0.6 is 0 Å². The van der Waals surface area contributed by atoms with Gasteiger partial charge in [-0.25, -0.2) is 0 Å². The maximum absolute atomic E-state index is 15.9. The molecule has 10 aromatic rings. The highest BCUT2D eigenvalue weighted by Crippen LogP contribution is 2.46. The molecule has 0 aliphatic rings. The molecule has 10 aromatic carbocycles. The molecule has 10 rings (SSSR count). The van der Waals surface area contributed by atoms with Gasteiger partial charge in [0.15, 0.2) is 5.78 Å². The minimum Gasteiger partial charge on any atom is -0.289 e. The topological polar surface area (TPSA) is 17.1 Å². The Hall–Kier alpha value is -6.14. The second-order valence-corrected chi connectivity index (χ2v) is 28.0. The minimum atomic E-state index is -1.63. The summed E-state index contributed by atoms with van der Waals surface area (Å²) in [5.41, 5.74) is 6.28. The molecular formula is C55H46OSi2. The van der Waals surface area contributed by atoms with Crippen LogP contribution in [0.4, 0.5) is 0 Å². The van der Waals surface area contributed by atoms with E-state index in [1.807, 2.05) is 0 Å². The highest BCUT2D eigenvalue weighted by molar-refractivity contribution is 6.91. The van der Waals surface area contributed by atoms with Crippen LogP contribution in [0.25, 0.3) is 86.9 Å².